The van der Waals surface area contributed by atoms with Crippen molar-refractivity contribution in [1.82, 2.24) is 0 Å². The number of benzene rings is 1. The standard InChI is InChI=1S/C14H23NO3/c1-10(2)17-8-13(16)9-18-14-11(3)5-4-6-12(14)7-15/h4-6,10,13,16H,7-9,15H2,1-3H3. The highest BCUT2D eigenvalue weighted by molar-refractivity contribution is 5.40. The molecule has 18 heavy (non-hydrogen) atoms. The van der Waals surface area contributed by atoms with Crippen LogP contribution in [-0.4, -0.2) is 30.5 Å². The second kappa shape index (κ2) is 7.36. The Labute approximate surface area is 109 Å². The lowest BCUT2D eigenvalue weighted by Gasteiger charge is -2.17. The number of para-hydroxylation sites is 1. The molecular weight excluding hydrogens is 230 g/mol. The summed E-state index contributed by atoms with van der Waals surface area (Å²) in [5, 5.41) is 9.73. The molecule has 0 bridgehead atoms. The zero-order chi connectivity index (χ0) is 13.5. The van der Waals surface area contributed by atoms with Crippen molar-refractivity contribution >= 4 is 0 Å². The number of hydrogen-bond donors (Lipinski definition) is 2. The van der Waals surface area contributed by atoms with Gasteiger partial charge in [0.05, 0.1) is 12.7 Å². The Balaban J connectivity index is 2.52. The Hall–Kier alpha value is -1.10. The van der Waals surface area contributed by atoms with Crippen molar-refractivity contribution in [3.05, 3.63) is 29.3 Å². The molecule has 3 N–H and O–H groups in total. The van der Waals surface area contributed by atoms with E-state index in [0.29, 0.717) is 6.54 Å². The van der Waals surface area contributed by atoms with Crippen molar-refractivity contribution in [3.63, 3.8) is 0 Å². The van der Waals surface area contributed by atoms with Crippen molar-refractivity contribution in [1.29, 1.82) is 0 Å². The average Bonchev–Trinajstić information content (AvgIpc) is 2.34. The average molecular weight is 253 g/mol. The summed E-state index contributed by atoms with van der Waals surface area (Å²) in [7, 11) is 0. The summed E-state index contributed by atoms with van der Waals surface area (Å²) < 4.78 is 11.0. The molecule has 1 aromatic carbocycles. The van der Waals surface area contributed by atoms with E-state index in [0.717, 1.165) is 16.9 Å². The van der Waals surface area contributed by atoms with E-state index in [2.05, 4.69) is 0 Å². The third kappa shape index (κ3) is 4.64. The highest BCUT2D eigenvalue weighted by Crippen LogP contribution is 2.23. The number of aryl methyl sites for hydroxylation is 1. The second-order valence-corrected chi connectivity index (χ2v) is 4.61. The van der Waals surface area contributed by atoms with Crippen LogP contribution in [0.4, 0.5) is 0 Å². The first kappa shape index (κ1) is 15.0. The first-order valence-electron chi connectivity index (χ1n) is 6.25. The lowest BCUT2D eigenvalue weighted by molar-refractivity contribution is -0.0124. The molecule has 0 aromatic heterocycles. The van der Waals surface area contributed by atoms with Gasteiger partial charge in [0.2, 0.25) is 0 Å². The molecule has 1 atom stereocenters. The molecule has 0 radical (unpaired) electrons. The summed E-state index contributed by atoms with van der Waals surface area (Å²) in [5.41, 5.74) is 7.63. The molecule has 0 heterocycles. The van der Waals surface area contributed by atoms with Crippen LogP contribution in [0, 0.1) is 6.92 Å². The molecule has 102 valence electrons. The summed E-state index contributed by atoms with van der Waals surface area (Å²) in [6.07, 6.45) is -0.518. The van der Waals surface area contributed by atoms with Gasteiger partial charge in [0.1, 0.15) is 18.5 Å². The maximum absolute atomic E-state index is 9.73. The SMILES string of the molecule is Cc1cccc(CN)c1OCC(O)COC(C)C. The largest absolute Gasteiger partial charge is 0.490 e. The third-order valence-electron chi connectivity index (χ3n) is 2.56. The number of ether oxygens (including phenoxy) is 2. The Kier molecular flexibility index (Phi) is 6.12. The maximum atomic E-state index is 9.73. The summed E-state index contributed by atoms with van der Waals surface area (Å²) in [4.78, 5) is 0. The monoisotopic (exact) mass is 253 g/mol. The van der Waals surface area contributed by atoms with Crippen LogP contribution in [0.25, 0.3) is 0 Å². The molecule has 0 aliphatic rings. The topological polar surface area (TPSA) is 64.7 Å². The molecule has 4 heteroatoms. The van der Waals surface area contributed by atoms with E-state index in [1.54, 1.807) is 0 Å². The summed E-state index contributed by atoms with van der Waals surface area (Å²) in [6.45, 7) is 6.75. The molecule has 0 fully saturated rings. The number of nitrogens with two attached hydrogens (primary N) is 1. The van der Waals surface area contributed by atoms with E-state index in [1.807, 2.05) is 39.0 Å². The fraction of sp³-hybridized carbons (Fsp3) is 0.571. The van der Waals surface area contributed by atoms with Crippen LogP contribution >= 0.6 is 0 Å². The molecule has 4 nitrogen and oxygen atoms in total. The van der Waals surface area contributed by atoms with Gasteiger partial charge in [0.15, 0.2) is 0 Å². The van der Waals surface area contributed by atoms with Gasteiger partial charge in [0.25, 0.3) is 0 Å². The Morgan fingerprint density at radius 1 is 1.28 bits per heavy atom. The van der Waals surface area contributed by atoms with Crippen LogP contribution in [0.1, 0.15) is 25.0 Å². The molecule has 1 rings (SSSR count). The smallest absolute Gasteiger partial charge is 0.126 e. The predicted octanol–water partition coefficient (Wildman–Crippen LogP) is 1.62. The predicted molar refractivity (Wildman–Crippen MR) is 71.7 cm³/mol. The van der Waals surface area contributed by atoms with Gasteiger partial charge in [-0.05, 0) is 26.3 Å². The second-order valence-electron chi connectivity index (χ2n) is 4.61. The minimum Gasteiger partial charge on any atom is -0.490 e. The summed E-state index contributed by atoms with van der Waals surface area (Å²) in [5.74, 6) is 0.767. The Morgan fingerprint density at radius 2 is 2.00 bits per heavy atom. The van der Waals surface area contributed by atoms with Gasteiger partial charge < -0.3 is 20.3 Å². The Bertz CT molecular complexity index is 366. The maximum Gasteiger partial charge on any atom is 0.126 e. The fourth-order valence-electron chi connectivity index (χ4n) is 1.61. The first-order chi connectivity index (χ1) is 8.54. The number of rotatable bonds is 7. The third-order valence-corrected chi connectivity index (χ3v) is 2.56. The number of hydrogen-bond acceptors (Lipinski definition) is 4. The highest BCUT2D eigenvalue weighted by atomic mass is 16.5. The van der Waals surface area contributed by atoms with Crippen molar-refractivity contribution in [2.24, 2.45) is 5.73 Å². The lowest BCUT2D eigenvalue weighted by Crippen LogP contribution is -2.25. The van der Waals surface area contributed by atoms with Gasteiger partial charge in [-0.3, -0.25) is 0 Å². The van der Waals surface area contributed by atoms with Gasteiger partial charge in [0, 0.05) is 12.1 Å². The van der Waals surface area contributed by atoms with E-state index < -0.39 is 6.10 Å². The molecule has 0 amide bonds. The molecule has 0 aliphatic heterocycles. The van der Waals surface area contributed by atoms with Crippen molar-refractivity contribution < 1.29 is 14.6 Å². The van der Waals surface area contributed by atoms with Gasteiger partial charge in [-0.15, -0.1) is 0 Å². The molecule has 0 aliphatic carbocycles. The minimum absolute atomic E-state index is 0.109. The van der Waals surface area contributed by atoms with Crippen molar-refractivity contribution in [2.75, 3.05) is 13.2 Å². The molecule has 1 unspecified atom stereocenters. The normalized spacial score (nSPS) is 12.8. The lowest BCUT2D eigenvalue weighted by atomic mass is 10.1. The van der Waals surface area contributed by atoms with E-state index in [4.69, 9.17) is 15.2 Å². The van der Waals surface area contributed by atoms with Gasteiger partial charge in [-0.2, -0.15) is 0 Å². The van der Waals surface area contributed by atoms with Crippen molar-refractivity contribution in [2.45, 2.75) is 39.5 Å². The highest BCUT2D eigenvalue weighted by Gasteiger charge is 2.10. The zero-order valence-corrected chi connectivity index (χ0v) is 11.3. The van der Waals surface area contributed by atoms with Crippen LogP contribution in [0.2, 0.25) is 0 Å². The quantitative estimate of drug-likeness (QED) is 0.775. The molecule has 0 spiro atoms. The van der Waals surface area contributed by atoms with Crippen LogP contribution in [0.15, 0.2) is 18.2 Å². The van der Waals surface area contributed by atoms with Crippen molar-refractivity contribution in [3.8, 4) is 5.75 Å². The molecule has 0 saturated carbocycles. The van der Waals surface area contributed by atoms with E-state index in [9.17, 15) is 5.11 Å². The van der Waals surface area contributed by atoms with Crippen LogP contribution < -0.4 is 10.5 Å². The van der Waals surface area contributed by atoms with Gasteiger partial charge in [-0.25, -0.2) is 0 Å². The minimum atomic E-state index is -0.627. The Morgan fingerprint density at radius 3 is 2.61 bits per heavy atom. The fourth-order valence-corrected chi connectivity index (χ4v) is 1.61. The zero-order valence-electron chi connectivity index (χ0n) is 11.3. The number of aliphatic hydroxyl groups is 1. The van der Waals surface area contributed by atoms with Gasteiger partial charge >= 0.3 is 0 Å². The van der Waals surface area contributed by atoms with Crippen LogP contribution in [0.5, 0.6) is 5.75 Å². The van der Waals surface area contributed by atoms with E-state index in [1.165, 1.54) is 0 Å². The molecule has 0 saturated heterocycles. The van der Waals surface area contributed by atoms with Gasteiger partial charge in [-0.1, -0.05) is 18.2 Å². The van der Waals surface area contributed by atoms with Crippen LogP contribution in [-0.2, 0) is 11.3 Å². The molecular formula is C14H23NO3. The summed E-state index contributed by atoms with van der Waals surface area (Å²) in [6, 6.07) is 5.84. The van der Waals surface area contributed by atoms with E-state index in [-0.39, 0.29) is 19.3 Å². The molecule has 1 aromatic rings. The van der Waals surface area contributed by atoms with Crippen LogP contribution in [0.3, 0.4) is 0 Å². The number of aliphatic hydroxyl groups excluding tert-OH is 1. The van der Waals surface area contributed by atoms with E-state index >= 15 is 0 Å². The summed E-state index contributed by atoms with van der Waals surface area (Å²) >= 11 is 0. The first-order valence-corrected chi connectivity index (χ1v) is 6.25.